The minimum absolute atomic E-state index is 0.215. The average molecular weight is 139 g/mol. The van der Waals surface area contributed by atoms with Gasteiger partial charge in [-0.3, -0.25) is 14.9 Å². The van der Waals surface area contributed by atoms with Crippen molar-refractivity contribution in [2.24, 2.45) is 5.41 Å². The Morgan fingerprint density at radius 1 is 1.70 bits per heavy atom. The number of carbonyl (C=O) groups is 2. The molecule has 0 aromatic rings. The largest absolute Gasteiger partial charge is 0.296 e. The number of hydrogen-bond acceptors (Lipinski definition) is 2. The zero-order valence-electron chi connectivity index (χ0n) is 5.81. The van der Waals surface area contributed by atoms with Crippen LogP contribution in [0, 0.1) is 5.41 Å². The first-order valence-corrected chi connectivity index (χ1v) is 3.06. The van der Waals surface area contributed by atoms with Gasteiger partial charge in [0.2, 0.25) is 11.8 Å². The van der Waals surface area contributed by atoms with Gasteiger partial charge in [0.25, 0.3) is 0 Å². The highest BCUT2D eigenvalue weighted by Gasteiger charge is 2.39. The van der Waals surface area contributed by atoms with Crippen LogP contribution in [0.3, 0.4) is 0 Å². The van der Waals surface area contributed by atoms with Gasteiger partial charge in [-0.15, -0.1) is 6.58 Å². The number of carbonyl (C=O) groups excluding carboxylic acids is 2. The molecule has 0 saturated carbocycles. The lowest BCUT2D eigenvalue weighted by Gasteiger charge is -2.11. The van der Waals surface area contributed by atoms with E-state index in [1.165, 1.54) is 6.08 Å². The minimum atomic E-state index is -0.670. The molecule has 1 atom stereocenters. The minimum Gasteiger partial charge on any atom is -0.296 e. The second-order valence-corrected chi connectivity index (χ2v) is 2.68. The summed E-state index contributed by atoms with van der Waals surface area (Å²) >= 11 is 0. The fourth-order valence-corrected chi connectivity index (χ4v) is 0.892. The van der Waals surface area contributed by atoms with Crippen molar-refractivity contribution >= 4 is 11.8 Å². The van der Waals surface area contributed by atoms with Crippen molar-refractivity contribution < 1.29 is 9.59 Å². The molecule has 0 aromatic carbocycles. The standard InChI is InChI=1S/C7H9NO2/c1-3-7(2)4-5(9)8-6(7)10/h3H,1,4H2,2H3,(H,8,9,10)/t7-/m0/s1. The third-order valence-electron chi connectivity index (χ3n) is 1.75. The molecule has 0 unspecified atom stereocenters. The monoisotopic (exact) mass is 139 g/mol. The first-order valence-electron chi connectivity index (χ1n) is 3.06. The molecule has 10 heavy (non-hydrogen) atoms. The van der Waals surface area contributed by atoms with Gasteiger partial charge in [0, 0.05) is 6.42 Å². The van der Waals surface area contributed by atoms with Crippen LogP contribution < -0.4 is 5.32 Å². The lowest BCUT2D eigenvalue weighted by molar-refractivity contribution is -0.126. The predicted molar refractivity (Wildman–Crippen MR) is 36.1 cm³/mol. The molecule has 0 spiro atoms. The van der Waals surface area contributed by atoms with E-state index < -0.39 is 5.41 Å². The maximum absolute atomic E-state index is 10.9. The molecule has 0 aliphatic carbocycles. The molecular weight excluding hydrogens is 130 g/mol. The zero-order chi connectivity index (χ0) is 7.78. The van der Waals surface area contributed by atoms with Crippen molar-refractivity contribution in [1.29, 1.82) is 0 Å². The van der Waals surface area contributed by atoms with E-state index in [0.29, 0.717) is 0 Å². The Morgan fingerprint density at radius 3 is 2.50 bits per heavy atom. The predicted octanol–water partition coefficient (Wildman–Crippen LogP) is 0.225. The molecule has 0 radical (unpaired) electrons. The molecule has 0 bridgehead atoms. The van der Waals surface area contributed by atoms with Gasteiger partial charge < -0.3 is 0 Å². The normalized spacial score (nSPS) is 32.1. The Bertz CT molecular complexity index is 210. The zero-order valence-corrected chi connectivity index (χ0v) is 5.81. The highest BCUT2D eigenvalue weighted by atomic mass is 16.2. The number of nitrogens with one attached hydrogen (secondary N) is 1. The van der Waals surface area contributed by atoms with Gasteiger partial charge in [-0.25, -0.2) is 0 Å². The second kappa shape index (κ2) is 1.94. The van der Waals surface area contributed by atoms with E-state index in [9.17, 15) is 9.59 Å². The first kappa shape index (κ1) is 6.99. The van der Waals surface area contributed by atoms with Crippen LogP contribution in [0.25, 0.3) is 0 Å². The van der Waals surface area contributed by atoms with E-state index in [4.69, 9.17) is 0 Å². The van der Waals surface area contributed by atoms with Crippen LogP contribution in [-0.4, -0.2) is 11.8 Å². The van der Waals surface area contributed by atoms with Gasteiger partial charge in [-0.1, -0.05) is 6.08 Å². The first-order chi connectivity index (χ1) is 4.58. The third-order valence-corrected chi connectivity index (χ3v) is 1.75. The molecule has 2 amide bonds. The maximum atomic E-state index is 10.9. The third kappa shape index (κ3) is 0.835. The van der Waals surface area contributed by atoms with Crippen molar-refractivity contribution in [2.75, 3.05) is 0 Å². The molecular formula is C7H9NO2. The van der Waals surface area contributed by atoms with Crippen LogP contribution in [0.15, 0.2) is 12.7 Å². The smallest absolute Gasteiger partial charge is 0.236 e. The van der Waals surface area contributed by atoms with Crippen LogP contribution in [0.5, 0.6) is 0 Å². The Kier molecular flexibility index (Phi) is 1.35. The highest BCUT2D eigenvalue weighted by Crippen LogP contribution is 2.27. The maximum Gasteiger partial charge on any atom is 0.236 e. The van der Waals surface area contributed by atoms with Crippen LogP contribution in [0.2, 0.25) is 0 Å². The summed E-state index contributed by atoms with van der Waals surface area (Å²) < 4.78 is 0. The van der Waals surface area contributed by atoms with Gasteiger partial charge in [0.05, 0.1) is 5.41 Å². The Hall–Kier alpha value is -1.12. The molecule has 1 fully saturated rings. The highest BCUT2D eigenvalue weighted by molar-refractivity contribution is 6.06. The summed E-state index contributed by atoms with van der Waals surface area (Å²) in [4.78, 5) is 21.6. The van der Waals surface area contributed by atoms with Crippen molar-refractivity contribution in [2.45, 2.75) is 13.3 Å². The SMILES string of the molecule is C=C[C@@]1(C)CC(=O)NC1=O. The fraction of sp³-hybridized carbons (Fsp3) is 0.429. The Balaban J connectivity index is 2.90. The van der Waals surface area contributed by atoms with E-state index in [0.717, 1.165) is 0 Å². The summed E-state index contributed by atoms with van der Waals surface area (Å²) in [6.07, 6.45) is 1.74. The molecule has 3 heteroatoms. The van der Waals surface area contributed by atoms with Crippen molar-refractivity contribution in [3.63, 3.8) is 0 Å². The summed E-state index contributed by atoms with van der Waals surface area (Å²) in [5.74, 6) is -0.458. The van der Waals surface area contributed by atoms with Crippen LogP contribution in [0.1, 0.15) is 13.3 Å². The molecule has 1 aliphatic rings. The quantitative estimate of drug-likeness (QED) is 0.417. The molecule has 1 aliphatic heterocycles. The molecule has 1 N–H and O–H groups in total. The molecule has 54 valence electrons. The van der Waals surface area contributed by atoms with Crippen LogP contribution in [0.4, 0.5) is 0 Å². The summed E-state index contributed by atoms with van der Waals surface area (Å²) in [7, 11) is 0. The van der Waals surface area contributed by atoms with E-state index in [1.807, 2.05) is 0 Å². The lowest BCUT2D eigenvalue weighted by Crippen LogP contribution is -2.27. The number of hydrogen-bond donors (Lipinski definition) is 1. The van der Waals surface area contributed by atoms with Crippen molar-refractivity contribution in [1.82, 2.24) is 5.32 Å². The van der Waals surface area contributed by atoms with E-state index in [2.05, 4.69) is 11.9 Å². The van der Waals surface area contributed by atoms with Gasteiger partial charge in [0.15, 0.2) is 0 Å². The summed E-state index contributed by atoms with van der Waals surface area (Å²) in [5, 5.41) is 2.21. The summed E-state index contributed by atoms with van der Waals surface area (Å²) in [6, 6.07) is 0. The molecule has 1 heterocycles. The number of amides is 2. The Labute approximate surface area is 59.1 Å². The van der Waals surface area contributed by atoms with Gasteiger partial charge in [-0.2, -0.15) is 0 Å². The van der Waals surface area contributed by atoms with E-state index in [-0.39, 0.29) is 18.2 Å². The van der Waals surface area contributed by atoms with Gasteiger partial charge in [-0.05, 0) is 6.92 Å². The second-order valence-electron chi connectivity index (χ2n) is 2.68. The molecule has 0 aromatic heterocycles. The molecule has 1 saturated heterocycles. The lowest BCUT2D eigenvalue weighted by atomic mass is 9.89. The number of rotatable bonds is 1. The van der Waals surface area contributed by atoms with E-state index in [1.54, 1.807) is 6.92 Å². The number of imide groups is 1. The van der Waals surface area contributed by atoms with Crippen LogP contribution in [-0.2, 0) is 9.59 Å². The average Bonchev–Trinajstić information content (AvgIpc) is 2.09. The Morgan fingerprint density at radius 2 is 2.30 bits per heavy atom. The topological polar surface area (TPSA) is 46.2 Å². The van der Waals surface area contributed by atoms with Crippen LogP contribution >= 0.6 is 0 Å². The molecule has 3 nitrogen and oxygen atoms in total. The fourth-order valence-electron chi connectivity index (χ4n) is 0.892. The van der Waals surface area contributed by atoms with E-state index >= 15 is 0 Å². The summed E-state index contributed by atoms with van der Waals surface area (Å²) in [6.45, 7) is 5.18. The van der Waals surface area contributed by atoms with Gasteiger partial charge in [0.1, 0.15) is 0 Å². The van der Waals surface area contributed by atoms with Crippen molar-refractivity contribution in [3.05, 3.63) is 12.7 Å². The van der Waals surface area contributed by atoms with Crippen molar-refractivity contribution in [3.8, 4) is 0 Å². The summed E-state index contributed by atoms with van der Waals surface area (Å²) in [5.41, 5.74) is -0.670. The molecule has 1 rings (SSSR count). The van der Waals surface area contributed by atoms with Gasteiger partial charge >= 0.3 is 0 Å².